The normalized spacial score (nSPS) is 12.3. The zero-order valence-corrected chi connectivity index (χ0v) is 12.2. The number of ether oxygens (including phenoxy) is 2. The van der Waals surface area contributed by atoms with Crippen LogP contribution in [0.4, 0.5) is 13.2 Å². The molecule has 11 heteroatoms. The van der Waals surface area contributed by atoms with Gasteiger partial charge in [0.1, 0.15) is 0 Å². The Balaban J connectivity index is 3.57. The van der Waals surface area contributed by atoms with E-state index in [1.54, 1.807) is 0 Å². The number of aromatic nitrogens is 1. The van der Waals surface area contributed by atoms with Crippen LogP contribution in [0.15, 0.2) is 11.1 Å². The Morgan fingerprint density at radius 3 is 2.39 bits per heavy atom. The molecule has 0 bridgehead atoms. The first-order chi connectivity index (χ1) is 8.06. The van der Waals surface area contributed by atoms with Crippen molar-refractivity contribution in [1.82, 2.24) is 4.98 Å². The van der Waals surface area contributed by atoms with Crippen LogP contribution in [0.1, 0.15) is 0 Å². The molecule has 0 atom stereocenters. The van der Waals surface area contributed by atoms with Crippen molar-refractivity contribution in [3.05, 3.63) is 9.77 Å². The lowest BCUT2D eigenvalue weighted by Crippen LogP contribution is -2.20. The largest absolute Gasteiger partial charge is 0.573 e. The zero-order valence-electron chi connectivity index (χ0n) is 8.46. The molecule has 1 heterocycles. The first kappa shape index (κ1) is 15.6. The molecule has 0 saturated heterocycles. The number of hydrogen-bond donors (Lipinski definition) is 0. The maximum atomic E-state index is 12.2. The lowest BCUT2D eigenvalue weighted by Gasteiger charge is -2.14. The second-order valence-electron chi connectivity index (χ2n) is 2.76. The van der Waals surface area contributed by atoms with E-state index in [2.05, 4.69) is 14.5 Å². The van der Waals surface area contributed by atoms with E-state index in [0.717, 1.165) is 13.3 Å². The summed E-state index contributed by atoms with van der Waals surface area (Å²) in [6.45, 7) is 0. The van der Waals surface area contributed by atoms with Gasteiger partial charge in [-0.15, -0.1) is 13.2 Å². The lowest BCUT2D eigenvalue weighted by atomic mass is 10.4. The summed E-state index contributed by atoms with van der Waals surface area (Å²) in [5.74, 6) is -1.55. The Labute approximate surface area is 118 Å². The van der Waals surface area contributed by atoms with Crippen LogP contribution in [0.25, 0.3) is 0 Å². The number of pyridine rings is 1. The molecule has 0 spiro atoms. The molecule has 18 heavy (non-hydrogen) atoms. The molecule has 1 aromatic heterocycles. The highest BCUT2D eigenvalue weighted by Gasteiger charge is 2.37. The van der Waals surface area contributed by atoms with Crippen LogP contribution in [0, 0.1) is 3.57 Å². The third kappa shape index (κ3) is 3.75. The molecular formula is C7H4ClF3INO4S. The van der Waals surface area contributed by atoms with Crippen LogP contribution in [0.2, 0.25) is 0 Å². The van der Waals surface area contributed by atoms with Crippen LogP contribution < -0.4 is 9.47 Å². The van der Waals surface area contributed by atoms with E-state index in [1.165, 1.54) is 22.6 Å². The van der Waals surface area contributed by atoms with Crippen molar-refractivity contribution >= 4 is 42.3 Å². The number of hydrogen-bond acceptors (Lipinski definition) is 5. The third-order valence-corrected chi connectivity index (χ3v) is 3.65. The Morgan fingerprint density at radius 2 is 2.00 bits per heavy atom. The Hall–Kier alpha value is -0.490. The van der Waals surface area contributed by atoms with Crippen molar-refractivity contribution in [2.24, 2.45) is 0 Å². The standard InChI is InChI=1S/C7H4ClF3INO4S/c1-16-6-5(18(8,14)15)4(3(12)2-13-6)17-7(9,10)11/h2H,1H3. The van der Waals surface area contributed by atoms with E-state index in [4.69, 9.17) is 10.7 Å². The Morgan fingerprint density at radius 1 is 1.44 bits per heavy atom. The van der Waals surface area contributed by atoms with E-state index < -0.39 is 31.9 Å². The minimum Gasteiger partial charge on any atom is -0.480 e. The van der Waals surface area contributed by atoms with Crippen LogP contribution in [0.5, 0.6) is 11.6 Å². The molecule has 5 nitrogen and oxygen atoms in total. The first-order valence-electron chi connectivity index (χ1n) is 3.99. The van der Waals surface area contributed by atoms with E-state index in [1.807, 2.05) is 0 Å². The Bertz CT molecular complexity index is 563. The molecule has 0 unspecified atom stereocenters. The average molecular weight is 418 g/mol. The lowest BCUT2D eigenvalue weighted by molar-refractivity contribution is -0.276. The second kappa shape index (κ2) is 5.25. The van der Waals surface area contributed by atoms with E-state index in [0.29, 0.717) is 0 Å². The summed E-state index contributed by atoms with van der Waals surface area (Å²) < 4.78 is 67.2. The van der Waals surface area contributed by atoms with E-state index in [9.17, 15) is 21.6 Å². The van der Waals surface area contributed by atoms with Gasteiger partial charge < -0.3 is 9.47 Å². The van der Waals surface area contributed by atoms with Crippen LogP contribution in [-0.4, -0.2) is 26.9 Å². The monoisotopic (exact) mass is 417 g/mol. The third-order valence-electron chi connectivity index (χ3n) is 1.57. The van der Waals surface area contributed by atoms with Gasteiger partial charge in [0.25, 0.3) is 9.05 Å². The minimum atomic E-state index is -5.07. The van der Waals surface area contributed by atoms with Gasteiger partial charge in [0.2, 0.25) is 5.88 Å². The van der Waals surface area contributed by atoms with Crippen molar-refractivity contribution in [2.45, 2.75) is 11.3 Å². The molecule has 0 aliphatic rings. The van der Waals surface area contributed by atoms with Crippen molar-refractivity contribution < 1.29 is 31.1 Å². The van der Waals surface area contributed by atoms with Gasteiger partial charge in [-0.3, -0.25) is 0 Å². The fourth-order valence-electron chi connectivity index (χ4n) is 1.01. The number of halogens is 5. The van der Waals surface area contributed by atoms with Crippen molar-refractivity contribution in [2.75, 3.05) is 7.11 Å². The van der Waals surface area contributed by atoms with Crippen molar-refractivity contribution in [1.29, 1.82) is 0 Å². The Kier molecular flexibility index (Phi) is 4.54. The van der Waals surface area contributed by atoms with Gasteiger partial charge in [-0.1, -0.05) is 0 Å². The summed E-state index contributed by atoms with van der Waals surface area (Å²) in [7, 11) is 1.57. The number of methoxy groups -OCH3 is 1. The predicted octanol–water partition coefficient (Wildman–Crippen LogP) is 2.52. The highest BCUT2D eigenvalue weighted by molar-refractivity contribution is 14.1. The van der Waals surface area contributed by atoms with Gasteiger partial charge in [0, 0.05) is 16.9 Å². The molecule has 0 fully saturated rings. The maximum absolute atomic E-state index is 12.2. The van der Waals surface area contributed by atoms with Crippen molar-refractivity contribution in [3.63, 3.8) is 0 Å². The highest BCUT2D eigenvalue weighted by atomic mass is 127. The number of rotatable bonds is 3. The second-order valence-corrected chi connectivity index (χ2v) is 6.42. The summed E-state index contributed by atoms with van der Waals surface area (Å²) in [5.41, 5.74) is 0. The van der Waals surface area contributed by atoms with E-state index in [-0.39, 0.29) is 3.57 Å². The fraction of sp³-hybridized carbons (Fsp3) is 0.286. The number of alkyl halides is 3. The zero-order chi connectivity index (χ0) is 14.1. The van der Waals surface area contributed by atoms with Crippen LogP contribution >= 0.6 is 33.3 Å². The molecule has 0 saturated carbocycles. The summed E-state index contributed by atoms with van der Waals surface area (Å²) >= 11 is 1.43. The first-order valence-corrected chi connectivity index (χ1v) is 7.38. The molecule has 102 valence electrons. The molecule has 0 aliphatic carbocycles. The van der Waals surface area contributed by atoms with Gasteiger partial charge in [-0.2, -0.15) is 0 Å². The summed E-state index contributed by atoms with van der Waals surface area (Å²) in [4.78, 5) is 2.55. The maximum Gasteiger partial charge on any atom is 0.573 e. The van der Waals surface area contributed by atoms with Crippen LogP contribution in [-0.2, 0) is 9.05 Å². The fourth-order valence-corrected chi connectivity index (χ4v) is 2.84. The SMILES string of the molecule is COc1ncc(I)c(OC(F)(F)F)c1S(=O)(=O)Cl. The minimum absolute atomic E-state index is 0.176. The van der Waals surface area contributed by atoms with Gasteiger partial charge in [0.15, 0.2) is 10.6 Å². The quantitative estimate of drug-likeness (QED) is 0.559. The molecule has 0 amide bonds. The summed E-state index contributed by atoms with van der Waals surface area (Å²) in [5, 5.41) is 0. The average Bonchev–Trinajstić information content (AvgIpc) is 2.17. The topological polar surface area (TPSA) is 65.5 Å². The smallest absolute Gasteiger partial charge is 0.480 e. The highest BCUT2D eigenvalue weighted by Crippen LogP contribution is 2.39. The van der Waals surface area contributed by atoms with Gasteiger partial charge in [0.05, 0.1) is 10.7 Å². The molecule has 0 aliphatic heterocycles. The van der Waals surface area contributed by atoms with E-state index >= 15 is 0 Å². The van der Waals surface area contributed by atoms with Gasteiger partial charge in [-0.05, 0) is 22.6 Å². The molecule has 0 radical (unpaired) electrons. The molecule has 0 N–H and O–H groups in total. The van der Waals surface area contributed by atoms with Gasteiger partial charge in [-0.25, -0.2) is 13.4 Å². The predicted molar refractivity (Wildman–Crippen MR) is 63.2 cm³/mol. The molecular weight excluding hydrogens is 413 g/mol. The molecule has 0 aromatic carbocycles. The molecule has 1 rings (SSSR count). The summed E-state index contributed by atoms with van der Waals surface area (Å²) in [6.07, 6.45) is -4.10. The summed E-state index contributed by atoms with van der Waals surface area (Å²) in [6, 6.07) is 0. The van der Waals surface area contributed by atoms with Gasteiger partial charge >= 0.3 is 6.36 Å². The number of nitrogens with zero attached hydrogens (tertiary/aromatic N) is 1. The van der Waals surface area contributed by atoms with Crippen molar-refractivity contribution in [3.8, 4) is 11.6 Å². The molecule has 1 aromatic rings. The van der Waals surface area contributed by atoms with Crippen LogP contribution in [0.3, 0.4) is 0 Å².